The maximum atomic E-state index is 6.78. The summed E-state index contributed by atoms with van der Waals surface area (Å²) in [6.45, 7) is 0. The van der Waals surface area contributed by atoms with Crippen molar-refractivity contribution >= 4 is 11.8 Å². The number of thioether (sulfide) groups is 1. The molecule has 0 saturated heterocycles. The average Bonchev–Trinajstić information content (AvgIpc) is 2.07. The van der Waals surface area contributed by atoms with Crippen LogP contribution in [0.5, 0.6) is 0 Å². The average molecular weight is 161 g/mol. The Bertz CT molecular complexity index is 253. The maximum Gasteiger partial charge on any atom is 0.0350 e. The van der Waals surface area contributed by atoms with E-state index in [0.29, 0.717) is 6.42 Å². The van der Waals surface area contributed by atoms with E-state index in [0.717, 1.165) is 5.56 Å². The number of hydrogen-bond donors (Lipinski definition) is 0. The van der Waals surface area contributed by atoms with E-state index in [9.17, 15) is 0 Å². The minimum absolute atomic E-state index is 0.620. The lowest BCUT2D eigenvalue weighted by atomic mass is 10.2. The van der Waals surface area contributed by atoms with Gasteiger partial charge in [-0.2, -0.15) is 0 Å². The Morgan fingerprint density at radius 1 is 1.36 bits per heavy atom. The molecule has 1 heteroatoms. The van der Waals surface area contributed by atoms with Crippen LogP contribution in [0.25, 0.3) is 0 Å². The highest BCUT2D eigenvalue weighted by Crippen LogP contribution is 2.14. The fourth-order valence-electron chi connectivity index (χ4n) is 0.845. The highest BCUT2D eigenvalue weighted by molar-refractivity contribution is 7.98. The molecule has 0 aliphatic carbocycles. The van der Waals surface area contributed by atoms with Crippen LogP contribution < -0.4 is 0 Å². The summed E-state index contributed by atoms with van der Waals surface area (Å²) in [6, 6.07) is 8.20. The Kier molecular flexibility index (Phi) is 3.07. The molecule has 0 amide bonds. The molecule has 0 fully saturated rings. The third kappa shape index (κ3) is 2.32. The Morgan fingerprint density at radius 2 is 2.00 bits per heavy atom. The molecular formula is C10H9S. The molecule has 55 valence electrons. The van der Waals surface area contributed by atoms with Crippen molar-refractivity contribution in [1.29, 1.82) is 0 Å². The van der Waals surface area contributed by atoms with Crippen LogP contribution in [0, 0.1) is 12.3 Å². The largest absolute Gasteiger partial charge is 0.130 e. The second-order valence-electron chi connectivity index (χ2n) is 2.20. The molecule has 0 bridgehead atoms. The molecule has 0 aliphatic heterocycles. The molecule has 0 unspecified atom stereocenters. The van der Waals surface area contributed by atoms with E-state index in [-0.39, 0.29) is 0 Å². The van der Waals surface area contributed by atoms with Crippen molar-refractivity contribution in [2.45, 2.75) is 11.3 Å². The van der Waals surface area contributed by atoms with Crippen molar-refractivity contribution < 1.29 is 0 Å². The van der Waals surface area contributed by atoms with E-state index in [2.05, 4.69) is 24.3 Å². The number of rotatable bonds is 2. The van der Waals surface area contributed by atoms with E-state index >= 15 is 0 Å². The van der Waals surface area contributed by atoms with Gasteiger partial charge in [0, 0.05) is 11.3 Å². The van der Waals surface area contributed by atoms with Gasteiger partial charge >= 0.3 is 0 Å². The van der Waals surface area contributed by atoms with Crippen LogP contribution in [-0.2, 0) is 6.42 Å². The summed E-state index contributed by atoms with van der Waals surface area (Å²) in [7, 11) is 0. The molecule has 1 radical (unpaired) electrons. The van der Waals surface area contributed by atoms with Crippen LogP contribution in [0.2, 0.25) is 0 Å². The Morgan fingerprint density at radius 3 is 2.45 bits per heavy atom. The first kappa shape index (κ1) is 8.23. The molecule has 0 saturated carbocycles. The summed E-state index contributed by atoms with van der Waals surface area (Å²) < 4.78 is 0. The molecular weight excluding hydrogens is 152 g/mol. The van der Waals surface area contributed by atoms with E-state index in [1.165, 1.54) is 4.90 Å². The summed E-state index contributed by atoms with van der Waals surface area (Å²) in [6.07, 6.45) is 9.46. The molecule has 0 heterocycles. The van der Waals surface area contributed by atoms with Gasteiger partial charge in [0.1, 0.15) is 0 Å². The van der Waals surface area contributed by atoms with Gasteiger partial charge in [0.2, 0.25) is 0 Å². The van der Waals surface area contributed by atoms with Crippen molar-refractivity contribution in [1.82, 2.24) is 0 Å². The third-order valence-corrected chi connectivity index (χ3v) is 2.20. The SMILES string of the molecule is [C]#CCc1ccc(SC)cc1. The molecule has 0 N–H and O–H groups in total. The zero-order chi connectivity index (χ0) is 8.10. The molecule has 0 aromatic heterocycles. The van der Waals surface area contributed by atoms with E-state index in [1.807, 2.05) is 12.1 Å². The third-order valence-electron chi connectivity index (χ3n) is 1.45. The van der Waals surface area contributed by atoms with Gasteiger partial charge in [-0.25, -0.2) is 0 Å². The fourth-order valence-corrected chi connectivity index (χ4v) is 1.25. The van der Waals surface area contributed by atoms with E-state index < -0.39 is 0 Å². The Hall–Kier alpha value is -0.870. The van der Waals surface area contributed by atoms with Crippen molar-refractivity contribution in [3.63, 3.8) is 0 Å². The van der Waals surface area contributed by atoms with Gasteiger partial charge in [-0.3, -0.25) is 0 Å². The van der Waals surface area contributed by atoms with E-state index in [4.69, 9.17) is 6.42 Å². The second kappa shape index (κ2) is 4.10. The molecule has 11 heavy (non-hydrogen) atoms. The summed E-state index contributed by atoms with van der Waals surface area (Å²) in [4.78, 5) is 1.26. The molecule has 0 nitrogen and oxygen atoms in total. The Labute approximate surface area is 72.0 Å². The lowest BCUT2D eigenvalue weighted by Gasteiger charge is -1.96. The van der Waals surface area contributed by atoms with Gasteiger partial charge in [-0.05, 0) is 30.4 Å². The van der Waals surface area contributed by atoms with Crippen molar-refractivity contribution in [3.05, 3.63) is 36.3 Å². The minimum atomic E-state index is 0.620. The van der Waals surface area contributed by atoms with Crippen LogP contribution in [0.4, 0.5) is 0 Å². The topological polar surface area (TPSA) is 0 Å². The molecule has 0 aliphatic rings. The summed E-state index contributed by atoms with van der Waals surface area (Å²) in [5, 5.41) is 0. The maximum absolute atomic E-state index is 6.78. The van der Waals surface area contributed by atoms with Crippen molar-refractivity contribution in [3.8, 4) is 5.92 Å². The van der Waals surface area contributed by atoms with Gasteiger partial charge in [-0.1, -0.05) is 18.1 Å². The number of hydrogen-bond acceptors (Lipinski definition) is 1. The van der Waals surface area contributed by atoms with Crippen LogP contribution in [0.1, 0.15) is 5.56 Å². The van der Waals surface area contributed by atoms with Crippen LogP contribution in [0.3, 0.4) is 0 Å². The predicted molar refractivity (Wildman–Crippen MR) is 49.1 cm³/mol. The van der Waals surface area contributed by atoms with Crippen molar-refractivity contribution in [2.24, 2.45) is 0 Å². The van der Waals surface area contributed by atoms with Crippen LogP contribution in [-0.4, -0.2) is 6.26 Å². The summed E-state index contributed by atoms with van der Waals surface area (Å²) in [5.74, 6) is 2.36. The van der Waals surface area contributed by atoms with Gasteiger partial charge in [0.25, 0.3) is 0 Å². The zero-order valence-electron chi connectivity index (χ0n) is 6.42. The lowest BCUT2D eigenvalue weighted by molar-refractivity contribution is 1.28. The highest BCUT2D eigenvalue weighted by Gasteiger charge is 1.90. The van der Waals surface area contributed by atoms with Gasteiger partial charge in [-0.15, -0.1) is 11.8 Å². The van der Waals surface area contributed by atoms with E-state index in [1.54, 1.807) is 11.8 Å². The molecule has 0 spiro atoms. The highest BCUT2D eigenvalue weighted by atomic mass is 32.2. The standard InChI is InChI=1S/C10H9S/c1-3-4-9-5-7-10(11-2)8-6-9/h5-8H,4H2,2H3. The quantitative estimate of drug-likeness (QED) is 0.474. The normalized spacial score (nSPS) is 9.09. The van der Waals surface area contributed by atoms with Gasteiger partial charge < -0.3 is 0 Å². The summed E-state index contributed by atoms with van der Waals surface area (Å²) >= 11 is 1.73. The van der Waals surface area contributed by atoms with Crippen LogP contribution in [0.15, 0.2) is 29.2 Å². The monoisotopic (exact) mass is 161 g/mol. The Balaban J connectivity index is 2.76. The first-order chi connectivity index (χ1) is 5.36. The van der Waals surface area contributed by atoms with Gasteiger partial charge in [0.15, 0.2) is 0 Å². The first-order valence-electron chi connectivity index (χ1n) is 3.39. The summed E-state index contributed by atoms with van der Waals surface area (Å²) in [5.41, 5.74) is 1.15. The van der Waals surface area contributed by atoms with Crippen molar-refractivity contribution in [2.75, 3.05) is 6.26 Å². The minimum Gasteiger partial charge on any atom is -0.130 e. The lowest BCUT2D eigenvalue weighted by Crippen LogP contribution is -1.79. The fraction of sp³-hybridized carbons (Fsp3) is 0.200. The molecule has 1 aromatic rings. The molecule has 1 aromatic carbocycles. The molecule has 1 rings (SSSR count). The number of benzene rings is 1. The smallest absolute Gasteiger partial charge is 0.0350 e. The van der Waals surface area contributed by atoms with Crippen LogP contribution >= 0.6 is 11.8 Å². The molecule has 0 atom stereocenters. The second-order valence-corrected chi connectivity index (χ2v) is 3.08. The first-order valence-corrected chi connectivity index (χ1v) is 4.62. The zero-order valence-corrected chi connectivity index (χ0v) is 7.24. The van der Waals surface area contributed by atoms with Gasteiger partial charge in [0.05, 0.1) is 0 Å². The predicted octanol–water partition coefficient (Wildman–Crippen LogP) is 2.54.